The third kappa shape index (κ3) is 4.29. The molecule has 2 atom stereocenters. The molecule has 10 nitrogen and oxygen atoms in total. The molecule has 0 bridgehead atoms. The molecule has 3 aromatic heterocycles. The molecule has 0 spiro atoms. The molecule has 0 aliphatic heterocycles. The number of amides is 1. The van der Waals surface area contributed by atoms with E-state index < -0.39 is 40.7 Å². The molecular formula is C22H20ClFN6O4. The number of rotatable bonds is 6. The number of benzene rings is 1. The van der Waals surface area contributed by atoms with Gasteiger partial charge in [0.15, 0.2) is 5.69 Å². The van der Waals surface area contributed by atoms with Crippen molar-refractivity contribution in [3.63, 3.8) is 0 Å². The summed E-state index contributed by atoms with van der Waals surface area (Å²) in [5.74, 6) is -2.64. The fraction of sp³-hybridized carbons (Fsp3) is 0.227. The standard InChI is InChI=1S/C22H20ClFN6O4/c1-11-7-25-30(9-11)18(15-6-13(24)4-5-16(15)23)12(2)20-28-17(19(31)22(33)29(20)3)21(32)27-14-8-26-34-10-14/h4-10,12,18,31H,1-3H3,(H,27,32)/t12-,18-/m0/s1. The second-order valence-electron chi connectivity index (χ2n) is 7.80. The topological polar surface area (TPSA) is 128 Å². The third-order valence-corrected chi connectivity index (χ3v) is 5.72. The lowest BCUT2D eigenvalue weighted by Crippen LogP contribution is -2.30. The molecule has 4 aromatic rings. The molecule has 0 saturated carbocycles. The van der Waals surface area contributed by atoms with Gasteiger partial charge in [0.25, 0.3) is 11.5 Å². The van der Waals surface area contributed by atoms with E-state index in [1.807, 2.05) is 6.92 Å². The van der Waals surface area contributed by atoms with E-state index in [0.29, 0.717) is 10.6 Å². The van der Waals surface area contributed by atoms with Gasteiger partial charge in [0.2, 0.25) is 5.75 Å². The molecule has 1 aromatic carbocycles. The number of halogens is 2. The average Bonchev–Trinajstić information content (AvgIpc) is 3.46. The van der Waals surface area contributed by atoms with Gasteiger partial charge < -0.3 is 14.9 Å². The maximum atomic E-state index is 14.2. The molecule has 0 aliphatic rings. The molecule has 0 saturated heterocycles. The van der Waals surface area contributed by atoms with Crippen molar-refractivity contribution in [1.82, 2.24) is 24.5 Å². The fourth-order valence-electron chi connectivity index (χ4n) is 3.74. The van der Waals surface area contributed by atoms with Crippen molar-refractivity contribution in [1.29, 1.82) is 0 Å². The maximum Gasteiger partial charge on any atom is 0.296 e. The summed E-state index contributed by atoms with van der Waals surface area (Å²) in [6, 6.07) is 3.28. The second-order valence-corrected chi connectivity index (χ2v) is 8.20. The molecule has 0 fully saturated rings. The number of nitrogens with one attached hydrogen (secondary N) is 1. The van der Waals surface area contributed by atoms with Crippen LogP contribution >= 0.6 is 11.6 Å². The number of aryl methyl sites for hydroxylation is 1. The summed E-state index contributed by atoms with van der Waals surface area (Å²) in [6.07, 6.45) is 5.82. The minimum atomic E-state index is -0.831. The lowest BCUT2D eigenvalue weighted by atomic mass is 9.93. The normalized spacial score (nSPS) is 13.0. The maximum absolute atomic E-state index is 14.2. The first-order valence-electron chi connectivity index (χ1n) is 10.1. The van der Waals surface area contributed by atoms with Gasteiger partial charge in [0.05, 0.1) is 18.4 Å². The summed E-state index contributed by atoms with van der Waals surface area (Å²) < 4.78 is 21.6. The van der Waals surface area contributed by atoms with Gasteiger partial charge in [-0.1, -0.05) is 23.7 Å². The van der Waals surface area contributed by atoms with E-state index >= 15 is 0 Å². The van der Waals surface area contributed by atoms with Crippen molar-refractivity contribution in [2.24, 2.45) is 7.05 Å². The van der Waals surface area contributed by atoms with Crippen LogP contribution in [0.1, 0.15) is 46.3 Å². The Morgan fingerprint density at radius 3 is 2.74 bits per heavy atom. The first-order valence-corrected chi connectivity index (χ1v) is 10.5. The van der Waals surface area contributed by atoms with Crippen LogP contribution < -0.4 is 10.9 Å². The lowest BCUT2D eigenvalue weighted by molar-refractivity contribution is 0.101. The highest BCUT2D eigenvalue weighted by Crippen LogP contribution is 2.37. The smallest absolute Gasteiger partial charge is 0.296 e. The zero-order valence-corrected chi connectivity index (χ0v) is 19.1. The van der Waals surface area contributed by atoms with Gasteiger partial charge in [-0.2, -0.15) is 5.10 Å². The molecule has 2 N–H and O–H groups in total. The molecular weight excluding hydrogens is 467 g/mol. The summed E-state index contributed by atoms with van der Waals surface area (Å²) >= 11 is 6.42. The number of carbonyl (C=O) groups excluding carboxylic acids is 1. The number of aromatic hydroxyl groups is 1. The SMILES string of the molecule is Cc1cnn([C@H](c2cc(F)ccc2Cl)[C@H](C)c2nc(C(=O)Nc3cnoc3)c(O)c(=O)n2C)c1. The van der Waals surface area contributed by atoms with Gasteiger partial charge in [-0.15, -0.1) is 0 Å². The zero-order valence-electron chi connectivity index (χ0n) is 18.4. The number of hydrogen-bond acceptors (Lipinski definition) is 7. The first-order chi connectivity index (χ1) is 16.2. The van der Waals surface area contributed by atoms with Crippen molar-refractivity contribution in [2.75, 3.05) is 5.32 Å². The number of anilines is 1. The predicted molar refractivity (Wildman–Crippen MR) is 121 cm³/mol. The number of nitrogens with zero attached hydrogens (tertiary/aromatic N) is 5. The number of hydrogen-bond donors (Lipinski definition) is 2. The van der Waals surface area contributed by atoms with Gasteiger partial charge in [-0.05, 0) is 36.2 Å². The van der Waals surface area contributed by atoms with Crippen LogP contribution in [-0.2, 0) is 7.05 Å². The highest BCUT2D eigenvalue weighted by Gasteiger charge is 2.31. The van der Waals surface area contributed by atoms with E-state index in [0.717, 1.165) is 10.1 Å². The quantitative estimate of drug-likeness (QED) is 0.427. The molecule has 3 heterocycles. The molecule has 12 heteroatoms. The lowest BCUT2D eigenvalue weighted by Gasteiger charge is -2.27. The Kier molecular flexibility index (Phi) is 6.20. The second kappa shape index (κ2) is 9.10. The Balaban J connectivity index is 1.85. The minimum Gasteiger partial charge on any atom is -0.501 e. The van der Waals surface area contributed by atoms with Gasteiger partial charge in [0.1, 0.15) is 23.6 Å². The van der Waals surface area contributed by atoms with E-state index in [-0.39, 0.29) is 11.5 Å². The van der Waals surface area contributed by atoms with Gasteiger partial charge in [-0.3, -0.25) is 18.8 Å². The summed E-state index contributed by atoms with van der Waals surface area (Å²) in [5.41, 5.74) is 0.180. The molecule has 4 rings (SSSR count). The van der Waals surface area contributed by atoms with Crippen LogP contribution in [-0.4, -0.2) is 35.5 Å². The fourth-order valence-corrected chi connectivity index (χ4v) is 3.97. The summed E-state index contributed by atoms with van der Waals surface area (Å²) in [5, 5.41) is 20.9. The van der Waals surface area contributed by atoms with Crippen molar-refractivity contribution < 1.29 is 18.8 Å². The Hall–Kier alpha value is -3.99. The van der Waals surface area contributed by atoms with Crippen molar-refractivity contribution in [2.45, 2.75) is 25.8 Å². The van der Waals surface area contributed by atoms with Gasteiger partial charge >= 0.3 is 0 Å². The zero-order chi connectivity index (χ0) is 24.6. The molecule has 34 heavy (non-hydrogen) atoms. The number of aromatic nitrogens is 5. The monoisotopic (exact) mass is 486 g/mol. The minimum absolute atomic E-state index is 0.150. The summed E-state index contributed by atoms with van der Waals surface area (Å²) in [4.78, 5) is 29.9. The van der Waals surface area contributed by atoms with E-state index in [4.69, 9.17) is 11.6 Å². The highest BCUT2D eigenvalue weighted by molar-refractivity contribution is 6.31. The van der Waals surface area contributed by atoms with E-state index in [2.05, 4.69) is 25.1 Å². The largest absolute Gasteiger partial charge is 0.501 e. The van der Waals surface area contributed by atoms with Crippen molar-refractivity contribution in [3.05, 3.63) is 86.9 Å². The highest BCUT2D eigenvalue weighted by atomic mass is 35.5. The molecule has 1 amide bonds. The Bertz CT molecular complexity index is 1420. The Morgan fingerprint density at radius 2 is 2.09 bits per heavy atom. The molecule has 0 aliphatic carbocycles. The van der Waals surface area contributed by atoms with Crippen LogP contribution in [0.4, 0.5) is 10.1 Å². The van der Waals surface area contributed by atoms with Crippen LogP contribution in [0.3, 0.4) is 0 Å². The van der Waals surface area contributed by atoms with Crippen LogP contribution in [0.2, 0.25) is 5.02 Å². The van der Waals surface area contributed by atoms with Crippen molar-refractivity contribution in [3.8, 4) is 5.75 Å². The van der Waals surface area contributed by atoms with Crippen LogP contribution in [0, 0.1) is 12.7 Å². The average molecular weight is 487 g/mol. The van der Waals surface area contributed by atoms with E-state index in [9.17, 15) is 19.1 Å². The number of carbonyl (C=O) groups is 1. The van der Waals surface area contributed by atoms with Crippen LogP contribution in [0.25, 0.3) is 0 Å². The third-order valence-electron chi connectivity index (χ3n) is 5.38. The Morgan fingerprint density at radius 1 is 1.32 bits per heavy atom. The molecule has 176 valence electrons. The van der Waals surface area contributed by atoms with Crippen LogP contribution in [0.5, 0.6) is 5.75 Å². The Labute approximate surface area is 197 Å². The summed E-state index contributed by atoms with van der Waals surface area (Å²) in [7, 11) is 1.42. The van der Waals surface area contributed by atoms with Crippen molar-refractivity contribution >= 4 is 23.2 Å². The summed E-state index contributed by atoms with van der Waals surface area (Å²) in [6.45, 7) is 3.59. The molecule has 0 unspecified atom stereocenters. The van der Waals surface area contributed by atoms with Gasteiger partial charge in [-0.25, -0.2) is 9.37 Å². The van der Waals surface area contributed by atoms with Gasteiger partial charge in [0, 0.05) is 24.2 Å². The first kappa shape index (κ1) is 23.2. The molecule has 0 radical (unpaired) electrons. The predicted octanol–water partition coefficient (Wildman–Crippen LogP) is 3.42. The van der Waals surface area contributed by atoms with E-state index in [1.54, 1.807) is 24.0 Å². The van der Waals surface area contributed by atoms with Crippen LogP contribution in [0.15, 0.2) is 52.4 Å². The van der Waals surface area contributed by atoms with E-state index in [1.165, 1.54) is 37.7 Å².